The molecule has 0 bridgehead atoms. The summed E-state index contributed by atoms with van der Waals surface area (Å²) in [7, 11) is 4.50. The normalized spacial score (nSPS) is 11.8. The number of nitrogens with zero attached hydrogens (tertiary/aromatic N) is 4. The zero-order valence-corrected chi connectivity index (χ0v) is 19.7. The number of hydrogen-bond donors (Lipinski definition) is 1. The van der Waals surface area contributed by atoms with Gasteiger partial charge in [-0.15, -0.1) is 0 Å². The number of nitrogens with one attached hydrogen (secondary N) is 1. The number of carbonyl (C=O) groups excluding carboxylic acids is 1. The van der Waals surface area contributed by atoms with Gasteiger partial charge < -0.3 is 14.8 Å². The highest BCUT2D eigenvalue weighted by Crippen LogP contribution is 2.29. The summed E-state index contributed by atoms with van der Waals surface area (Å²) in [4.78, 5) is 19.7. The fourth-order valence-electron chi connectivity index (χ4n) is 3.16. The molecule has 0 aliphatic heterocycles. The van der Waals surface area contributed by atoms with Gasteiger partial charge in [0, 0.05) is 31.9 Å². The van der Waals surface area contributed by atoms with Crippen LogP contribution in [-0.4, -0.2) is 40.7 Å². The van der Waals surface area contributed by atoms with Gasteiger partial charge in [0.1, 0.15) is 12.4 Å². The van der Waals surface area contributed by atoms with Crippen molar-refractivity contribution in [1.29, 1.82) is 0 Å². The van der Waals surface area contributed by atoms with Crippen LogP contribution in [0.4, 0.5) is 17.6 Å². The predicted molar refractivity (Wildman–Crippen MR) is 124 cm³/mol. The standard InChI is InChI=1S/C24H23F4N5O3/c1-14(17-9-15(5-7-19(17)25)10-21(34)29-2)32-23(35-4)18-12-31-33(3)20(18)13-36-22-8-6-16(11-30-22)24(26,27)28/h5-9,11-12H,1,10,13H2,2-4H3,(H,29,34). The molecule has 36 heavy (non-hydrogen) atoms. The number of likely N-dealkylation sites (N-methyl/N-ethyl adjacent to an activating group) is 1. The van der Waals surface area contributed by atoms with E-state index < -0.39 is 17.6 Å². The molecule has 3 aromatic rings. The van der Waals surface area contributed by atoms with Crippen molar-refractivity contribution in [2.75, 3.05) is 14.2 Å². The van der Waals surface area contributed by atoms with Gasteiger partial charge in [0.2, 0.25) is 17.7 Å². The lowest BCUT2D eigenvalue weighted by Crippen LogP contribution is -2.20. The molecule has 3 rings (SSSR count). The molecule has 0 saturated carbocycles. The molecule has 8 nitrogen and oxygen atoms in total. The lowest BCUT2D eigenvalue weighted by molar-refractivity contribution is -0.137. The third-order valence-corrected chi connectivity index (χ3v) is 5.13. The number of methoxy groups -OCH3 is 1. The molecule has 0 fully saturated rings. The van der Waals surface area contributed by atoms with E-state index in [2.05, 4.69) is 27.0 Å². The largest absolute Gasteiger partial charge is 0.480 e. The molecule has 1 aromatic carbocycles. The maximum atomic E-state index is 14.5. The van der Waals surface area contributed by atoms with Gasteiger partial charge in [0.25, 0.3) is 0 Å². The third-order valence-electron chi connectivity index (χ3n) is 5.13. The SMILES string of the molecule is C=C(N=C(OC)c1cnn(C)c1COc1ccc(C(F)(F)F)cn1)c1cc(CC(=O)NC)ccc1F. The van der Waals surface area contributed by atoms with E-state index in [0.29, 0.717) is 23.0 Å². The Kier molecular flexibility index (Phi) is 8.07. The molecule has 2 heterocycles. The van der Waals surface area contributed by atoms with Gasteiger partial charge in [-0.25, -0.2) is 14.4 Å². The van der Waals surface area contributed by atoms with Gasteiger partial charge in [0.15, 0.2) is 0 Å². The lowest BCUT2D eigenvalue weighted by atomic mass is 10.1. The van der Waals surface area contributed by atoms with Crippen molar-refractivity contribution >= 4 is 17.5 Å². The van der Waals surface area contributed by atoms with Crippen LogP contribution >= 0.6 is 0 Å². The van der Waals surface area contributed by atoms with Crippen LogP contribution < -0.4 is 10.1 Å². The molecule has 0 saturated heterocycles. The summed E-state index contributed by atoms with van der Waals surface area (Å²) in [6.07, 6.45) is -2.32. The molecule has 1 amide bonds. The number of aliphatic imine (C=N–C) groups is 1. The van der Waals surface area contributed by atoms with Crippen LogP contribution in [0.25, 0.3) is 5.70 Å². The summed E-state index contributed by atoms with van der Waals surface area (Å²) in [5.74, 6) is -0.779. The van der Waals surface area contributed by atoms with Gasteiger partial charge in [-0.1, -0.05) is 12.6 Å². The minimum absolute atomic E-state index is 0.0227. The van der Waals surface area contributed by atoms with Crippen LogP contribution in [0.1, 0.15) is 27.9 Å². The van der Waals surface area contributed by atoms with E-state index in [-0.39, 0.29) is 42.0 Å². The molecule has 0 aliphatic rings. The zero-order valence-electron chi connectivity index (χ0n) is 19.7. The number of alkyl halides is 3. The Labute approximate surface area is 204 Å². The van der Waals surface area contributed by atoms with E-state index in [1.165, 1.54) is 43.2 Å². The lowest BCUT2D eigenvalue weighted by Gasteiger charge is -2.11. The summed E-state index contributed by atoms with van der Waals surface area (Å²) in [5.41, 5.74) is 0.675. The number of ether oxygens (including phenoxy) is 2. The molecule has 0 spiro atoms. The first-order chi connectivity index (χ1) is 17.0. The smallest absolute Gasteiger partial charge is 0.417 e. The van der Waals surface area contributed by atoms with E-state index in [1.54, 1.807) is 7.05 Å². The summed E-state index contributed by atoms with van der Waals surface area (Å²) >= 11 is 0. The van der Waals surface area contributed by atoms with Crippen LogP contribution in [0.15, 0.2) is 54.3 Å². The van der Waals surface area contributed by atoms with E-state index in [9.17, 15) is 22.4 Å². The van der Waals surface area contributed by atoms with Crippen LogP contribution in [0.2, 0.25) is 0 Å². The number of carbonyl (C=O) groups is 1. The van der Waals surface area contributed by atoms with Crippen molar-refractivity contribution < 1.29 is 31.8 Å². The first-order valence-corrected chi connectivity index (χ1v) is 10.5. The summed E-state index contributed by atoms with van der Waals surface area (Å²) in [5, 5.41) is 6.66. The van der Waals surface area contributed by atoms with Crippen LogP contribution in [0.3, 0.4) is 0 Å². The minimum atomic E-state index is -4.51. The zero-order chi connectivity index (χ0) is 26.5. The Morgan fingerprint density at radius 2 is 1.94 bits per heavy atom. The Morgan fingerprint density at radius 3 is 2.56 bits per heavy atom. The monoisotopic (exact) mass is 505 g/mol. The van der Waals surface area contributed by atoms with Crippen molar-refractivity contribution in [3.63, 3.8) is 0 Å². The topological polar surface area (TPSA) is 90.6 Å². The van der Waals surface area contributed by atoms with E-state index in [1.807, 2.05) is 0 Å². The van der Waals surface area contributed by atoms with Gasteiger partial charge in [-0.2, -0.15) is 18.3 Å². The molecule has 12 heteroatoms. The van der Waals surface area contributed by atoms with Crippen molar-refractivity contribution in [2.45, 2.75) is 19.2 Å². The minimum Gasteiger partial charge on any atom is -0.480 e. The maximum Gasteiger partial charge on any atom is 0.417 e. The first-order valence-electron chi connectivity index (χ1n) is 10.5. The van der Waals surface area contributed by atoms with E-state index in [4.69, 9.17) is 9.47 Å². The van der Waals surface area contributed by atoms with E-state index >= 15 is 0 Å². The molecular weight excluding hydrogens is 482 g/mol. The third kappa shape index (κ3) is 6.26. The number of aryl methyl sites for hydroxylation is 1. The Hall–Kier alpha value is -4.22. The molecular formula is C24H23F4N5O3. The van der Waals surface area contributed by atoms with Crippen LogP contribution in [0, 0.1) is 5.82 Å². The fourth-order valence-corrected chi connectivity index (χ4v) is 3.16. The average molecular weight is 505 g/mol. The van der Waals surface area contributed by atoms with Crippen LogP contribution in [0.5, 0.6) is 5.88 Å². The van der Waals surface area contributed by atoms with Gasteiger partial charge >= 0.3 is 6.18 Å². The summed E-state index contributed by atoms with van der Waals surface area (Å²) < 4.78 is 65.1. The second-order valence-electron chi connectivity index (χ2n) is 7.53. The number of hydrogen-bond acceptors (Lipinski definition) is 6. The molecule has 0 unspecified atom stereocenters. The molecule has 190 valence electrons. The second-order valence-corrected chi connectivity index (χ2v) is 7.53. The summed E-state index contributed by atoms with van der Waals surface area (Å²) in [6.45, 7) is 3.71. The Morgan fingerprint density at radius 1 is 1.19 bits per heavy atom. The quantitative estimate of drug-likeness (QED) is 0.285. The average Bonchev–Trinajstić information content (AvgIpc) is 3.21. The highest BCUT2D eigenvalue weighted by Gasteiger charge is 2.30. The number of benzene rings is 1. The van der Waals surface area contributed by atoms with Crippen molar-refractivity contribution in [1.82, 2.24) is 20.1 Å². The van der Waals surface area contributed by atoms with E-state index in [0.717, 1.165) is 12.1 Å². The molecule has 2 aromatic heterocycles. The van der Waals surface area contributed by atoms with Crippen molar-refractivity contribution in [2.24, 2.45) is 12.0 Å². The molecule has 0 aliphatic carbocycles. The van der Waals surface area contributed by atoms with Crippen molar-refractivity contribution in [3.05, 3.63) is 83.1 Å². The predicted octanol–water partition coefficient (Wildman–Crippen LogP) is 3.90. The first kappa shape index (κ1) is 26.4. The fraction of sp³-hybridized carbons (Fsp3) is 0.250. The van der Waals surface area contributed by atoms with Crippen molar-refractivity contribution in [3.8, 4) is 5.88 Å². The van der Waals surface area contributed by atoms with Crippen LogP contribution in [-0.2, 0) is 35.8 Å². The Bertz CT molecular complexity index is 1280. The highest BCUT2D eigenvalue weighted by molar-refractivity contribution is 5.98. The summed E-state index contributed by atoms with van der Waals surface area (Å²) in [6, 6.07) is 6.18. The highest BCUT2D eigenvalue weighted by atomic mass is 19.4. The number of rotatable bonds is 8. The van der Waals surface area contributed by atoms with Gasteiger partial charge in [-0.3, -0.25) is 9.48 Å². The second kappa shape index (κ2) is 11.0. The molecule has 0 radical (unpaired) electrons. The number of amides is 1. The number of pyridine rings is 1. The van der Waals surface area contributed by atoms with Gasteiger partial charge in [0.05, 0.1) is 42.2 Å². The molecule has 1 N–H and O–H groups in total. The maximum absolute atomic E-state index is 14.5. The number of halogens is 4. The Balaban J connectivity index is 1.83. The number of aromatic nitrogens is 3. The van der Waals surface area contributed by atoms with Gasteiger partial charge in [-0.05, 0) is 23.8 Å². The molecule has 0 atom stereocenters.